The molecule has 12 heavy (non-hydrogen) atoms. The average Bonchev–Trinajstić information content (AvgIpc) is 2.47. The molecule has 0 saturated carbocycles. The van der Waals surface area contributed by atoms with E-state index in [0.29, 0.717) is 6.04 Å². The van der Waals surface area contributed by atoms with Crippen LogP contribution in [0.5, 0.6) is 0 Å². The van der Waals surface area contributed by atoms with Crippen molar-refractivity contribution < 1.29 is 9.20 Å². The monoisotopic (exact) mass is 163 g/mol. The molecule has 3 heteroatoms. The van der Waals surface area contributed by atoms with Gasteiger partial charge in [0.15, 0.2) is 6.04 Å². The first-order valence-electron chi connectivity index (χ1n) is 4.18. The van der Waals surface area contributed by atoms with Crippen LogP contribution >= 0.6 is 0 Å². The van der Waals surface area contributed by atoms with E-state index >= 15 is 0 Å². The molecule has 0 saturated heterocycles. The van der Waals surface area contributed by atoms with Crippen molar-refractivity contribution in [3.63, 3.8) is 0 Å². The Morgan fingerprint density at radius 1 is 1.08 bits per heavy atom. The summed E-state index contributed by atoms with van der Waals surface area (Å²) in [5.74, 6) is 0. The second-order valence-electron chi connectivity index (χ2n) is 3.16. The molecular weight excluding hydrogens is 150 g/mol. The fourth-order valence-electron chi connectivity index (χ4n) is 1.34. The molecule has 0 spiro atoms. The first kappa shape index (κ1) is 7.28. The van der Waals surface area contributed by atoms with Gasteiger partial charge in [0, 0.05) is 19.9 Å². The summed E-state index contributed by atoms with van der Waals surface area (Å²) in [6, 6.07) is 4.53. The smallest absolute Gasteiger partial charge is 0.0530 e. The number of fused-ring (bicyclic) bond motifs is 1. The van der Waals surface area contributed by atoms with Crippen molar-refractivity contribution in [2.75, 3.05) is 0 Å². The second kappa shape index (κ2) is 2.59. The van der Waals surface area contributed by atoms with E-state index in [0.717, 1.165) is 0 Å². The van der Waals surface area contributed by atoms with E-state index in [2.05, 4.69) is 29.4 Å². The quantitative estimate of drug-likeness (QED) is 0.539. The van der Waals surface area contributed by atoms with Crippen LogP contribution in [0.1, 0.15) is 19.9 Å². The van der Waals surface area contributed by atoms with E-state index in [4.69, 9.17) is 0 Å². The van der Waals surface area contributed by atoms with E-state index in [-0.39, 0.29) is 0 Å². The van der Waals surface area contributed by atoms with Crippen LogP contribution in [0.15, 0.2) is 36.9 Å². The summed E-state index contributed by atoms with van der Waals surface area (Å²) in [4.78, 5) is 0. The third-order valence-corrected chi connectivity index (χ3v) is 1.94. The van der Waals surface area contributed by atoms with Gasteiger partial charge in [0.25, 0.3) is 12.4 Å². The molecule has 0 N–H and O–H groups in total. The van der Waals surface area contributed by atoms with Gasteiger partial charge in [-0.1, -0.05) is 4.68 Å². The lowest BCUT2D eigenvalue weighted by Gasteiger charge is -1.92. The summed E-state index contributed by atoms with van der Waals surface area (Å²) < 4.78 is 6.28. The topological polar surface area (TPSA) is 12.4 Å². The first-order chi connectivity index (χ1) is 5.79. The minimum absolute atomic E-state index is 0.488. The summed E-state index contributed by atoms with van der Waals surface area (Å²) in [5, 5.41) is 0. The second-order valence-corrected chi connectivity index (χ2v) is 3.16. The Morgan fingerprint density at radius 3 is 2.67 bits per heavy atom. The maximum atomic E-state index is 2.17. The van der Waals surface area contributed by atoms with Crippen LogP contribution < -0.4 is 9.20 Å². The van der Waals surface area contributed by atoms with E-state index in [9.17, 15) is 0 Å². The van der Waals surface area contributed by atoms with Crippen LogP contribution in [0.3, 0.4) is 0 Å². The van der Waals surface area contributed by atoms with Gasteiger partial charge in [-0.2, -0.15) is 0 Å². The van der Waals surface area contributed by atoms with Crippen molar-refractivity contribution in [3.8, 4) is 0 Å². The maximum absolute atomic E-state index is 2.17. The Hall–Kier alpha value is -1.38. The number of nitrogens with zero attached hydrogens (tertiary/aromatic N) is 3. The lowest BCUT2D eigenvalue weighted by atomic mass is 10.4. The molecule has 0 fully saturated rings. The van der Waals surface area contributed by atoms with E-state index in [1.165, 1.54) is 0 Å². The predicted molar refractivity (Wildman–Crippen MR) is 43.6 cm³/mol. The molecule has 0 aromatic carbocycles. The van der Waals surface area contributed by atoms with Gasteiger partial charge in [-0.15, -0.1) is 0 Å². The van der Waals surface area contributed by atoms with Gasteiger partial charge in [0.2, 0.25) is 6.20 Å². The number of aromatic nitrogens is 3. The highest BCUT2D eigenvalue weighted by atomic mass is 15.5. The van der Waals surface area contributed by atoms with Gasteiger partial charge in [-0.3, -0.25) is 0 Å². The highest BCUT2D eigenvalue weighted by Gasteiger charge is 2.16. The van der Waals surface area contributed by atoms with Gasteiger partial charge in [0.1, 0.15) is 6.20 Å². The molecule has 2 heterocycles. The molecule has 0 unspecified atom stereocenters. The summed E-state index contributed by atoms with van der Waals surface area (Å²) in [6.45, 7) is 4.33. The molecule has 0 aliphatic rings. The largest absolute Gasteiger partial charge is 0.271 e. The Bertz CT molecular complexity index is 389. The highest BCUT2D eigenvalue weighted by Crippen LogP contribution is 1.88. The molecule has 0 aliphatic heterocycles. The van der Waals surface area contributed by atoms with Gasteiger partial charge in [-0.25, -0.2) is 0 Å². The van der Waals surface area contributed by atoms with Gasteiger partial charge >= 0.3 is 0 Å². The summed E-state index contributed by atoms with van der Waals surface area (Å²) in [7, 11) is 0. The van der Waals surface area contributed by atoms with Crippen LogP contribution in [0, 0.1) is 0 Å². The minimum atomic E-state index is 0.488. The summed E-state index contributed by atoms with van der Waals surface area (Å²) in [6.07, 6.45) is 8.18. The Labute approximate surface area is 71.5 Å². The fraction of sp³-hybridized carbons (Fsp3) is 0.333. The average molecular weight is 163 g/mol. The van der Waals surface area contributed by atoms with Crippen molar-refractivity contribution in [2.24, 2.45) is 0 Å². The van der Waals surface area contributed by atoms with Crippen molar-refractivity contribution in [3.05, 3.63) is 36.9 Å². The molecule has 2 aromatic heterocycles. The van der Waals surface area contributed by atoms with Crippen LogP contribution in [-0.2, 0) is 0 Å². The third kappa shape index (κ3) is 0.978. The Kier molecular flexibility index (Phi) is 1.57. The third-order valence-electron chi connectivity index (χ3n) is 1.94. The van der Waals surface area contributed by atoms with Crippen LogP contribution in [0.4, 0.5) is 0 Å². The molecule has 0 amide bonds. The first-order valence-corrected chi connectivity index (χ1v) is 4.18. The van der Waals surface area contributed by atoms with Crippen molar-refractivity contribution >= 4 is 0 Å². The molecule has 0 bridgehead atoms. The molecular formula is C9H13N3+2. The number of hydrogen-bond acceptors (Lipinski definition) is 0. The van der Waals surface area contributed by atoms with Crippen molar-refractivity contribution in [1.82, 2.24) is 4.63 Å². The number of hydrogen-bond donors (Lipinski definition) is 0. The van der Waals surface area contributed by atoms with Crippen LogP contribution in [0.25, 0.3) is 0 Å². The van der Waals surface area contributed by atoms with E-state index in [1.54, 1.807) is 0 Å². The maximum Gasteiger partial charge on any atom is 0.271 e. The van der Waals surface area contributed by atoms with Crippen molar-refractivity contribution in [1.29, 1.82) is 0 Å². The fourth-order valence-corrected chi connectivity index (χ4v) is 1.34. The predicted octanol–water partition coefficient (Wildman–Crippen LogP) is 0.393. The summed E-state index contributed by atoms with van der Waals surface area (Å²) in [5.41, 5.74) is 0. The van der Waals surface area contributed by atoms with Crippen LogP contribution in [0.2, 0.25) is 0 Å². The normalized spacial score (nSPS) is 11.2. The lowest BCUT2D eigenvalue weighted by Crippen LogP contribution is -2.48. The van der Waals surface area contributed by atoms with Gasteiger partial charge in [-0.05, 0) is 10.6 Å². The molecule has 3 nitrogen and oxygen atoms in total. The zero-order valence-electron chi connectivity index (χ0n) is 7.38. The molecule has 2 aromatic rings. The zero-order chi connectivity index (χ0) is 8.55. The Morgan fingerprint density at radius 2 is 1.92 bits per heavy atom. The molecule has 2 rings (SSSR count). The van der Waals surface area contributed by atoms with E-state index in [1.807, 2.05) is 35.2 Å². The molecule has 0 aliphatic carbocycles. The molecule has 0 atom stereocenters. The zero-order valence-corrected chi connectivity index (χ0v) is 7.38. The van der Waals surface area contributed by atoms with Gasteiger partial charge in [0.05, 0.1) is 4.63 Å². The van der Waals surface area contributed by atoms with Gasteiger partial charge < -0.3 is 0 Å². The SMILES string of the molecule is CC(C)[n+]1cc[n+]2ccccn12. The lowest BCUT2D eigenvalue weighted by molar-refractivity contribution is -0.868. The van der Waals surface area contributed by atoms with E-state index < -0.39 is 0 Å². The minimum Gasteiger partial charge on any atom is -0.0530 e. The van der Waals surface area contributed by atoms with Crippen molar-refractivity contribution in [2.45, 2.75) is 19.9 Å². The summed E-state index contributed by atoms with van der Waals surface area (Å²) >= 11 is 0. The molecule has 0 radical (unpaired) electrons. The number of rotatable bonds is 1. The van der Waals surface area contributed by atoms with Crippen LogP contribution in [-0.4, -0.2) is 4.63 Å². The molecule has 62 valence electrons. The Balaban J connectivity index is 2.70. The highest BCUT2D eigenvalue weighted by molar-refractivity contribution is 4.78. The standard InChI is InChI=1S/C9H13N3/c1-9(2)11-8-7-10-5-3-4-6-12(10)11/h3-9H,1-2H3/q+2.